The largest absolute Gasteiger partial charge is 0.419 e. The van der Waals surface area contributed by atoms with Crippen molar-refractivity contribution in [1.82, 2.24) is 9.55 Å². The summed E-state index contributed by atoms with van der Waals surface area (Å²) < 4.78 is 6.67. The van der Waals surface area contributed by atoms with Crippen LogP contribution in [0.3, 0.4) is 0 Å². The van der Waals surface area contributed by atoms with Gasteiger partial charge < -0.3 is 9.73 Å². The van der Waals surface area contributed by atoms with Gasteiger partial charge in [0.15, 0.2) is 5.58 Å². The topological polar surface area (TPSA) is 77.1 Å². The Balaban J connectivity index is 1.69. The number of oxazole rings is 1. The van der Waals surface area contributed by atoms with E-state index in [1.165, 1.54) is 28.3 Å². The van der Waals surface area contributed by atoms with Gasteiger partial charge in [-0.1, -0.05) is 23.2 Å². The van der Waals surface area contributed by atoms with Crippen LogP contribution in [0, 0.1) is 6.92 Å². The molecule has 0 saturated heterocycles. The highest BCUT2D eigenvalue weighted by Gasteiger charge is 2.16. The molecule has 3 heterocycles. The minimum Gasteiger partial charge on any atom is -0.408 e. The SMILES string of the molecule is Cc1cc2oc(=O)n(C)c2cc1-c1ccc(C(=O)Nc2c(Cl)cncc2Cl)s1. The minimum atomic E-state index is -0.413. The van der Waals surface area contributed by atoms with Gasteiger partial charge in [-0.05, 0) is 42.3 Å². The van der Waals surface area contributed by atoms with Crippen LogP contribution in [0.1, 0.15) is 15.2 Å². The number of carbonyl (C=O) groups is 1. The summed E-state index contributed by atoms with van der Waals surface area (Å²) in [6, 6.07) is 7.31. The molecule has 0 aliphatic rings. The molecule has 28 heavy (non-hydrogen) atoms. The summed E-state index contributed by atoms with van der Waals surface area (Å²) in [6.45, 7) is 1.93. The number of nitrogens with one attached hydrogen (secondary N) is 1. The van der Waals surface area contributed by atoms with E-state index < -0.39 is 5.76 Å². The number of aromatic nitrogens is 2. The van der Waals surface area contributed by atoms with Crippen LogP contribution in [-0.2, 0) is 7.05 Å². The molecule has 0 atom stereocenters. The molecule has 3 aromatic heterocycles. The zero-order valence-corrected chi connectivity index (χ0v) is 17.1. The van der Waals surface area contributed by atoms with Crippen LogP contribution in [-0.4, -0.2) is 15.5 Å². The van der Waals surface area contributed by atoms with Crippen molar-refractivity contribution in [3.05, 3.63) is 67.7 Å². The number of pyridine rings is 1. The van der Waals surface area contributed by atoms with Gasteiger partial charge in [0.2, 0.25) is 0 Å². The highest BCUT2D eigenvalue weighted by atomic mass is 35.5. The molecule has 0 unspecified atom stereocenters. The number of fused-ring (bicyclic) bond motifs is 1. The Morgan fingerprint density at radius 3 is 2.64 bits per heavy atom. The second kappa shape index (κ2) is 7.09. The molecule has 0 radical (unpaired) electrons. The second-order valence-corrected chi connectivity index (χ2v) is 8.06. The Morgan fingerprint density at radius 1 is 1.21 bits per heavy atom. The fraction of sp³-hybridized carbons (Fsp3) is 0.105. The van der Waals surface area contributed by atoms with Crippen molar-refractivity contribution in [2.75, 3.05) is 5.32 Å². The van der Waals surface area contributed by atoms with E-state index in [9.17, 15) is 9.59 Å². The number of benzene rings is 1. The number of hydrogen-bond donors (Lipinski definition) is 1. The Kier molecular flexibility index (Phi) is 4.74. The summed E-state index contributed by atoms with van der Waals surface area (Å²) in [5.41, 5.74) is 3.42. The van der Waals surface area contributed by atoms with E-state index in [1.807, 2.05) is 25.1 Å². The zero-order valence-electron chi connectivity index (χ0n) is 14.7. The summed E-state index contributed by atoms with van der Waals surface area (Å²) in [7, 11) is 1.66. The van der Waals surface area contributed by atoms with Gasteiger partial charge in [0.1, 0.15) is 0 Å². The number of carbonyl (C=O) groups excluding carboxylic acids is 1. The lowest BCUT2D eigenvalue weighted by Gasteiger charge is -2.07. The summed E-state index contributed by atoms with van der Waals surface area (Å²) >= 11 is 13.4. The molecule has 1 aromatic carbocycles. The van der Waals surface area contributed by atoms with E-state index in [2.05, 4.69) is 10.3 Å². The van der Waals surface area contributed by atoms with Crippen molar-refractivity contribution in [3.8, 4) is 10.4 Å². The molecule has 6 nitrogen and oxygen atoms in total. The van der Waals surface area contributed by atoms with Crippen LogP contribution in [0.25, 0.3) is 21.5 Å². The summed E-state index contributed by atoms with van der Waals surface area (Å²) in [5.74, 6) is -0.732. The first-order valence-electron chi connectivity index (χ1n) is 8.16. The molecule has 0 aliphatic heterocycles. The van der Waals surface area contributed by atoms with Gasteiger partial charge >= 0.3 is 5.76 Å². The van der Waals surface area contributed by atoms with Gasteiger partial charge in [0, 0.05) is 24.3 Å². The molecule has 4 rings (SSSR count). The van der Waals surface area contributed by atoms with Gasteiger partial charge in [0.05, 0.1) is 26.1 Å². The van der Waals surface area contributed by atoms with E-state index >= 15 is 0 Å². The van der Waals surface area contributed by atoms with Crippen LogP contribution in [0.4, 0.5) is 5.69 Å². The third-order valence-corrected chi connectivity index (χ3v) is 6.02. The Morgan fingerprint density at radius 2 is 1.93 bits per heavy atom. The van der Waals surface area contributed by atoms with Crippen molar-refractivity contribution in [2.45, 2.75) is 6.92 Å². The van der Waals surface area contributed by atoms with Crippen molar-refractivity contribution in [1.29, 1.82) is 0 Å². The number of thiophene rings is 1. The van der Waals surface area contributed by atoms with Crippen molar-refractivity contribution in [2.24, 2.45) is 7.05 Å². The molecule has 9 heteroatoms. The Labute approximate surface area is 173 Å². The van der Waals surface area contributed by atoms with Crippen molar-refractivity contribution in [3.63, 3.8) is 0 Å². The molecule has 1 N–H and O–H groups in total. The van der Waals surface area contributed by atoms with Crippen molar-refractivity contribution >= 4 is 57.2 Å². The average molecular weight is 434 g/mol. The molecule has 0 saturated carbocycles. The maximum absolute atomic E-state index is 12.6. The monoisotopic (exact) mass is 433 g/mol. The summed E-state index contributed by atoms with van der Waals surface area (Å²) in [4.78, 5) is 29.6. The van der Waals surface area contributed by atoms with Gasteiger partial charge in [-0.3, -0.25) is 14.3 Å². The van der Waals surface area contributed by atoms with Crippen LogP contribution in [0.5, 0.6) is 0 Å². The quantitative estimate of drug-likeness (QED) is 0.486. The maximum Gasteiger partial charge on any atom is 0.419 e. The van der Waals surface area contributed by atoms with E-state index in [4.69, 9.17) is 27.6 Å². The Bertz CT molecular complexity index is 1270. The number of amides is 1. The van der Waals surface area contributed by atoms with Gasteiger partial charge in [0.25, 0.3) is 5.91 Å². The van der Waals surface area contributed by atoms with Crippen molar-refractivity contribution < 1.29 is 9.21 Å². The lowest BCUT2D eigenvalue weighted by atomic mass is 10.1. The van der Waals surface area contributed by atoms with Crippen LogP contribution in [0.2, 0.25) is 10.0 Å². The smallest absolute Gasteiger partial charge is 0.408 e. The molecule has 0 fully saturated rings. The molecule has 4 aromatic rings. The number of anilines is 1. The molecular weight excluding hydrogens is 421 g/mol. The normalized spacial score (nSPS) is 11.1. The average Bonchev–Trinajstić information content (AvgIpc) is 3.23. The molecule has 0 spiro atoms. The third-order valence-electron chi connectivity index (χ3n) is 4.33. The van der Waals surface area contributed by atoms with Crippen LogP contribution in [0.15, 0.2) is 45.9 Å². The Hall–Kier alpha value is -2.61. The minimum absolute atomic E-state index is 0.264. The molecule has 1 amide bonds. The van der Waals surface area contributed by atoms with Crippen LogP contribution >= 0.6 is 34.5 Å². The molecule has 0 aliphatic carbocycles. The maximum atomic E-state index is 12.6. The van der Waals surface area contributed by atoms with Gasteiger partial charge in [-0.15, -0.1) is 11.3 Å². The lowest BCUT2D eigenvalue weighted by Crippen LogP contribution is -2.11. The molecule has 0 bridgehead atoms. The highest BCUT2D eigenvalue weighted by Crippen LogP contribution is 2.34. The summed E-state index contributed by atoms with van der Waals surface area (Å²) in [6.07, 6.45) is 2.83. The van der Waals surface area contributed by atoms with E-state index in [0.29, 0.717) is 21.7 Å². The first-order valence-corrected chi connectivity index (χ1v) is 9.73. The van der Waals surface area contributed by atoms with E-state index in [-0.39, 0.29) is 16.0 Å². The molecular formula is C19H13Cl2N3O3S. The third kappa shape index (κ3) is 3.22. The second-order valence-electron chi connectivity index (χ2n) is 6.16. The van der Waals surface area contributed by atoms with Crippen LogP contribution < -0.4 is 11.1 Å². The predicted molar refractivity (Wildman–Crippen MR) is 112 cm³/mol. The number of nitrogens with zero attached hydrogens (tertiary/aromatic N) is 2. The van der Waals surface area contributed by atoms with E-state index in [1.54, 1.807) is 13.1 Å². The zero-order chi connectivity index (χ0) is 20.0. The summed E-state index contributed by atoms with van der Waals surface area (Å²) in [5, 5.41) is 3.25. The standard InChI is InChI=1S/C19H13Cl2N3O3S/c1-9-5-14-13(24(2)19(26)27-14)6-10(9)15-3-4-16(28-15)18(25)23-17-11(20)7-22-8-12(17)21/h3-8H,1-2H3,(H,22,23,25). The van der Waals surface area contributed by atoms with Gasteiger partial charge in [-0.2, -0.15) is 0 Å². The highest BCUT2D eigenvalue weighted by molar-refractivity contribution is 7.17. The number of hydrogen-bond acceptors (Lipinski definition) is 5. The number of rotatable bonds is 3. The lowest BCUT2D eigenvalue weighted by molar-refractivity contribution is 0.103. The number of aryl methyl sites for hydroxylation is 2. The first kappa shape index (κ1) is 18.7. The fourth-order valence-corrected chi connectivity index (χ4v) is 4.29. The fourth-order valence-electron chi connectivity index (χ4n) is 2.85. The van der Waals surface area contributed by atoms with Gasteiger partial charge in [-0.25, -0.2) is 4.79 Å². The number of halogens is 2. The van der Waals surface area contributed by atoms with E-state index in [0.717, 1.165) is 16.0 Å². The first-order chi connectivity index (χ1) is 13.3. The predicted octanol–water partition coefficient (Wildman–Crippen LogP) is 5.12. The molecule has 142 valence electrons.